The normalized spacial score (nSPS) is 16.8. The second kappa shape index (κ2) is 7.90. The number of aromatic nitrogens is 1. The van der Waals surface area contributed by atoms with Gasteiger partial charge in [0.2, 0.25) is 0 Å². The average Bonchev–Trinajstić information content (AvgIpc) is 3.16. The topological polar surface area (TPSA) is 36.4 Å². The molecule has 0 N–H and O–H groups in total. The summed E-state index contributed by atoms with van der Waals surface area (Å²) < 4.78 is 0. The molecule has 1 saturated heterocycles. The Labute approximate surface area is 148 Å². The second-order valence-corrected chi connectivity index (χ2v) is 7.45. The minimum absolute atomic E-state index is 0.0398. The van der Waals surface area contributed by atoms with Gasteiger partial charge in [0.15, 0.2) is 0 Å². The molecule has 4 nitrogen and oxygen atoms in total. The lowest BCUT2D eigenvalue weighted by molar-refractivity contribution is 0.0745. The van der Waals surface area contributed by atoms with Crippen molar-refractivity contribution in [3.63, 3.8) is 0 Å². The maximum absolute atomic E-state index is 12.7. The number of piperidine rings is 1. The molecule has 0 aliphatic carbocycles. The highest BCUT2D eigenvalue weighted by molar-refractivity contribution is 7.09. The number of carbonyl (C=O) groups is 1. The van der Waals surface area contributed by atoms with E-state index in [1.807, 2.05) is 32.3 Å². The summed E-state index contributed by atoms with van der Waals surface area (Å²) in [7, 11) is 1.86. The van der Waals surface area contributed by atoms with Gasteiger partial charge in [0.25, 0.3) is 5.91 Å². The zero-order chi connectivity index (χ0) is 16.9. The Balaban J connectivity index is 1.62. The van der Waals surface area contributed by atoms with Crippen molar-refractivity contribution in [3.8, 4) is 0 Å². The maximum Gasteiger partial charge on any atom is 0.254 e. The molecule has 0 saturated carbocycles. The fraction of sp³-hybridized carbons (Fsp3) is 0.474. The number of thiazole rings is 1. The Morgan fingerprint density at radius 2 is 1.96 bits per heavy atom. The monoisotopic (exact) mass is 343 g/mol. The minimum Gasteiger partial charge on any atom is -0.334 e. The summed E-state index contributed by atoms with van der Waals surface area (Å²) >= 11 is 1.58. The van der Waals surface area contributed by atoms with Crippen LogP contribution in [0.3, 0.4) is 0 Å². The molecule has 1 atom stereocenters. The molecule has 1 fully saturated rings. The van der Waals surface area contributed by atoms with Gasteiger partial charge in [0.05, 0.1) is 11.6 Å². The van der Waals surface area contributed by atoms with Gasteiger partial charge >= 0.3 is 0 Å². The molecule has 5 heteroatoms. The van der Waals surface area contributed by atoms with Gasteiger partial charge in [-0.1, -0.05) is 18.6 Å². The molecule has 2 heterocycles. The lowest BCUT2D eigenvalue weighted by Crippen LogP contribution is -2.30. The molecule has 0 bridgehead atoms. The van der Waals surface area contributed by atoms with E-state index in [0.717, 1.165) is 17.0 Å². The van der Waals surface area contributed by atoms with Crippen molar-refractivity contribution in [3.05, 3.63) is 52.0 Å². The van der Waals surface area contributed by atoms with Gasteiger partial charge in [-0.25, -0.2) is 0 Å². The van der Waals surface area contributed by atoms with E-state index in [4.69, 9.17) is 0 Å². The van der Waals surface area contributed by atoms with Crippen molar-refractivity contribution < 1.29 is 4.79 Å². The summed E-state index contributed by atoms with van der Waals surface area (Å²) in [6.07, 6.45) is 5.79. The van der Waals surface area contributed by atoms with Crippen LogP contribution in [0.15, 0.2) is 36.0 Å². The number of benzene rings is 1. The highest BCUT2D eigenvalue weighted by Gasteiger charge is 2.20. The molecule has 0 spiro atoms. The van der Waals surface area contributed by atoms with Crippen LogP contribution in [0, 0.1) is 0 Å². The van der Waals surface area contributed by atoms with E-state index in [1.54, 1.807) is 21.7 Å². The number of hydrogen-bond donors (Lipinski definition) is 0. The van der Waals surface area contributed by atoms with Gasteiger partial charge in [-0.3, -0.25) is 14.7 Å². The van der Waals surface area contributed by atoms with Gasteiger partial charge < -0.3 is 4.90 Å². The highest BCUT2D eigenvalue weighted by Crippen LogP contribution is 2.23. The SMILES string of the molecule is C[C@@H](c1cncs1)N(C)C(=O)c1ccc(CN2CCCCC2)cc1. The second-order valence-electron chi connectivity index (χ2n) is 6.53. The van der Waals surface area contributed by atoms with E-state index in [9.17, 15) is 4.79 Å². The van der Waals surface area contributed by atoms with Gasteiger partial charge in [0, 0.05) is 30.2 Å². The largest absolute Gasteiger partial charge is 0.334 e. The quantitative estimate of drug-likeness (QED) is 0.824. The Morgan fingerprint density at radius 3 is 2.58 bits per heavy atom. The molecule has 3 rings (SSSR count). The van der Waals surface area contributed by atoms with Gasteiger partial charge in [0.1, 0.15) is 0 Å². The van der Waals surface area contributed by atoms with Crippen LogP contribution in [0.2, 0.25) is 0 Å². The predicted octanol–water partition coefficient (Wildman–Crippen LogP) is 3.96. The summed E-state index contributed by atoms with van der Waals surface area (Å²) in [6.45, 7) is 5.41. The van der Waals surface area contributed by atoms with Crippen molar-refractivity contribution in [1.29, 1.82) is 0 Å². The van der Waals surface area contributed by atoms with E-state index in [0.29, 0.717) is 0 Å². The molecule has 1 aromatic heterocycles. The first-order chi connectivity index (χ1) is 11.6. The van der Waals surface area contributed by atoms with Gasteiger partial charge in [-0.2, -0.15) is 0 Å². The minimum atomic E-state index is 0.0398. The fourth-order valence-electron chi connectivity index (χ4n) is 3.13. The maximum atomic E-state index is 12.7. The van der Waals surface area contributed by atoms with Crippen LogP contribution < -0.4 is 0 Å². The molecule has 0 unspecified atom stereocenters. The first-order valence-corrected chi connectivity index (χ1v) is 9.50. The van der Waals surface area contributed by atoms with Crippen molar-refractivity contribution >= 4 is 17.2 Å². The van der Waals surface area contributed by atoms with Gasteiger partial charge in [-0.15, -0.1) is 11.3 Å². The highest BCUT2D eigenvalue weighted by atomic mass is 32.1. The van der Waals surface area contributed by atoms with E-state index < -0.39 is 0 Å². The van der Waals surface area contributed by atoms with E-state index >= 15 is 0 Å². The standard InChI is InChI=1S/C19H25N3OS/c1-15(18-12-20-14-24-18)21(2)19(23)17-8-6-16(7-9-17)13-22-10-4-3-5-11-22/h6-9,12,14-15H,3-5,10-11,13H2,1-2H3/t15-/m0/s1. The van der Waals surface area contributed by atoms with Crippen LogP contribution in [-0.2, 0) is 6.54 Å². The molecule has 2 aromatic rings. The summed E-state index contributed by atoms with van der Waals surface area (Å²) in [5.41, 5.74) is 3.84. The van der Waals surface area contributed by atoms with Crippen molar-refractivity contribution in [2.75, 3.05) is 20.1 Å². The van der Waals surface area contributed by atoms with Crippen molar-refractivity contribution in [2.24, 2.45) is 0 Å². The molecule has 1 aliphatic heterocycles. The zero-order valence-electron chi connectivity index (χ0n) is 14.4. The lowest BCUT2D eigenvalue weighted by atomic mass is 10.1. The number of hydrogen-bond acceptors (Lipinski definition) is 4. The zero-order valence-corrected chi connectivity index (χ0v) is 15.3. The lowest BCUT2D eigenvalue weighted by Gasteiger charge is -2.26. The molecule has 1 aliphatic rings. The van der Waals surface area contributed by atoms with Crippen LogP contribution in [0.5, 0.6) is 0 Å². The summed E-state index contributed by atoms with van der Waals surface area (Å²) in [6, 6.07) is 8.13. The summed E-state index contributed by atoms with van der Waals surface area (Å²) in [4.78, 5) is 22.2. The third-order valence-corrected chi connectivity index (χ3v) is 5.77. The Hall–Kier alpha value is -1.72. The summed E-state index contributed by atoms with van der Waals surface area (Å²) in [5, 5.41) is 0. The van der Waals surface area contributed by atoms with Crippen LogP contribution in [0.25, 0.3) is 0 Å². The third kappa shape index (κ3) is 4.02. The Morgan fingerprint density at radius 1 is 1.25 bits per heavy atom. The van der Waals surface area contributed by atoms with Crippen molar-refractivity contribution in [2.45, 2.75) is 38.8 Å². The number of amides is 1. The molecule has 1 aromatic carbocycles. The number of rotatable bonds is 5. The van der Waals surface area contributed by atoms with E-state index in [2.05, 4.69) is 22.0 Å². The van der Waals surface area contributed by atoms with Crippen LogP contribution in [0.4, 0.5) is 0 Å². The van der Waals surface area contributed by atoms with E-state index in [1.165, 1.54) is 37.9 Å². The Kier molecular flexibility index (Phi) is 5.63. The molecule has 24 heavy (non-hydrogen) atoms. The van der Waals surface area contributed by atoms with E-state index in [-0.39, 0.29) is 11.9 Å². The van der Waals surface area contributed by atoms with Crippen molar-refractivity contribution in [1.82, 2.24) is 14.8 Å². The predicted molar refractivity (Wildman–Crippen MR) is 98.2 cm³/mol. The molecular formula is C19H25N3OS. The number of carbonyl (C=O) groups excluding carboxylic acids is 1. The number of likely N-dealkylation sites (tertiary alicyclic amines) is 1. The van der Waals surface area contributed by atoms with Crippen LogP contribution >= 0.6 is 11.3 Å². The first kappa shape index (κ1) is 17.1. The number of nitrogens with zero attached hydrogens (tertiary/aromatic N) is 3. The van der Waals surface area contributed by atoms with Gasteiger partial charge in [-0.05, 0) is 50.6 Å². The van der Waals surface area contributed by atoms with Crippen LogP contribution in [0.1, 0.15) is 53.0 Å². The molecule has 1 amide bonds. The third-order valence-electron chi connectivity index (χ3n) is 4.82. The molecule has 128 valence electrons. The Bertz CT molecular complexity index is 648. The molecule has 0 radical (unpaired) electrons. The smallest absolute Gasteiger partial charge is 0.254 e. The van der Waals surface area contributed by atoms with Crippen LogP contribution in [-0.4, -0.2) is 40.8 Å². The fourth-order valence-corrected chi connectivity index (χ4v) is 3.85. The average molecular weight is 343 g/mol. The molecular weight excluding hydrogens is 318 g/mol. The first-order valence-electron chi connectivity index (χ1n) is 8.62. The summed E-state index contributed by atoms with van der Waals surface area (Å²) in [5.74, 6) is 0.0559.